The molecule has 0 spiro atoms. The minimum Gasteiger partial charge on any atom is -0.490 e. The van der Waals surface area contributed by atoms with Crippen LogP contribution >= 0.6 is 10.7 Å². The number of fused-ring (bicyclic) bond motifs is 1. The second kappa shape index (κ2) is 3.93. The Bertz CT molecular complexity index is 522. The molecule has 1 unspecified atom stereocenters. The van der Waals surface area contributed by atoms with E-state index in [4.69, 9.17) is 15.4 Å². The van der Waals surface area contributed by atoms with E-state index in [-0.39, 0.29) is 11.9 Å². The van der Waals surface area contributed by atoms with Crippen molar-refractivity contribution in [1.82, 2.24) is 0 Å². The van der Waals surface area contributed by atoms with Crippen LogP contribution in [0.5, 0.6) is 5.75 Å². The molecule has 0 aromatic heterocycles. The summed E-state index contributed by atoms with van der Waals surface area (Å²) < 4.78 is 27.7. The molecule has 1 aromatic rings. The van der Waals surface area contributed by atoms with E-state index in [2.05, 4.69) is 0 Å². The minimum absolute atomic E-state index is 0.128. The lowest BCUT2D eigenvalue weighted by molar-refractivity contribution is 0.253. The van der Waals surface area contributed by atoms with Crippen LogP contribution in [0.4, 0.5) is 0 Å². The lowest BCUT2D eigenvalue weighted by Crippen LogP contribution is -2.05. The van der Waals surface area contributed by atoms with E-state index < -0.39 is 9.05 Å². The summed E-state index contributed by atoms with van der Waals surface area (Å²) in [6, 6.07) is 3.68. The van der Waals surface area contributed by atoms with Gasteiger partial charge in [0.2, 0.25) is 9.05 Å². The van der Waals surface area contributed by atoms with Gasteiger partial charge in [0.15, 0.2) is 0 Å². The summed E-state index contributed by atoms with van der Waals surface area (Å²) in [5.74, 6) is 0.764. The van der Waals surface area contributed by atoms with Gasteiger partial charge in [0.05, 0.1) is 5.75 Å². The molecular weight excluding hydrogens is 248 g/mol. The number of hydrogen-bond acceptors (Lipinski definition) is 3. The predicted molar refractivity (Wildman–Crippen MR) is 63.4 cm³/mol. The molecule has 16 heavy (non-hydrogen) atoms. The van der Waals surface area contributed by atoms with Crippen LogP contribution < -0.4 is 4.74 Å². The Morgan fingerprint density at radius 3 is 2.81 bits per heavy atom. The zero-order valence-electron chi connectivity index (χ0n) is 9.16. The molecule has 1 aliphatic heterocycles. The molecule has 88 valence electrons. The largest absolute Gasteiger partial charge is 0.490 e. The van der Waals surface area contributed by atoms with Crippen LogP contribution in [0.15, 0.2) is 12.1 Å². The molecule has 0 radical (unpaired) electrons. The molecule has 0 saturated heterocycles. The third kappa shape index (κ3) is 2.50. The van der Waals surface area contributed by atoms with Gasteiger partial charge in [-0.3, -0.25) is 0 Å². The van der Waals surface area contributed by atoms with Gasteiger partial charge in [-0.1, -0.05) is 12.1 Å². The van der Waals surface area contributed by atoms with Gasteiger partial charge in [0.1, 0.15) is 11.9 Å². The van der Waals surface area contributed by atoms with Gasteiger partial charge >= 0.3 is 0 Å². The SMILES string of the molecule is Cc1cc(CS(=O)(=O)Cl)cc2c1OC(C)C2. The van der Waals surface area contributed by atoms with Gasteiger partial charge in [-0.25, -0.2) is 8.42 Å². The van der Waals surface area contributed by atoms with Gasteiger partial charge in [0.25, 0.3) is 0 Å². The Kier molecular flexibility index (Phi) is 2.88. The molecule has 0 fully saturated rings. The predicted octanol–water partition coefficient (Wildman–Crippen LogP) is 2.39. The van der Waals surface area contributed by atoms with Crippen molar-refractivity contribution in [3.63, 3.8) is 0 Å². The van der Waals surface area contributed by atoms with Crippen molar-refractivity contribution < 1.29 is 13.2 Å². The summed E-state index contributed by atoms with van der Waals surface area (Å²) in [7, 11) is 1.75. The molecule has 0 saturated carbocycles. The quantitative estimate of drug-likeness (QED) is 0.767. The monoisotopic (exact) mass is 260 g/mol. The Hall–Kier alpha value is -0.740. The third-order valence-electron chi connectivity index (χ3n) is 2.58. The Balaban J connectivity index is 2.39. The fourth-order valence-electron chi connectivity index (χ4n) is 2.08. The van der Waals surface area contributed by atoms with Crippen molar-refractivity contribution in [1.29, 1.82) is 0 Å². The van der Waals surface area contributed by atoms with E-state index in [1.165, 1.54) is 0 Å². The van der Waals surface area contributed by atoms with Crippen LogP contribution in [0.25, 0.3) is 0 Å². The third-order valence-corrected chi connectivity index (χ3v) is 3.58. The van der Waals surface area contributed by atoms with E-state index in [1.54, 1.807) is 0 Å². The summed E-state index contributed by atoms with van der Waals surface area (Å²) in [6.07, 6.45) is 0.989. The number of hydrogen-bond donors (Lipinski definition) is 0. The summed E-state index contributed by atoms with van der Waals surface area (Å²) in [6.45, 7) is 3.92. The van der Waals surface area contributed by atoms with E-state index >= 15 is 0 Å². The van der Waals surface area contributed by atoms with Crippen LogP contribution in [-0.2, 0) is 21.2 Å². The molecule has 2 rings (SSSR count). The molecule has 1 aliphatic rings. The molecule has 5 heteroatoms. The standard InChI is InChI=1S/C11H13ClO3S/c1-7-3-9(6-16(12,13)14)5-10-4-8(2)15-11(7)10/h3,5,8H,4,6H2,1-2H3. The smallest absolute Gasteiger partial charge is 0.236 e. The Labute approximate surface area is 99.8 Å². The topological polar surface area (TPSA) is 43.4 Å². The van der Waals surface area contributed by atoms with Crippen LogP contribution in [0.2, 0.25) is 0 Å². The first kappa shape index (κ1) is 11.7. The van der Waals surface area contributed by atoms with Gasteiger partial charge in [-0.05, 0) is 30.5 Å². The Morgan fingerprint density at radius 1 is 1.50 bits per heavy atom. The van der Waals surface area contributed by atoms with Crippen molar-refractivity contribution in [2.24, 2.45) is 0 Å². The lowest BCUT2D eigenvalue weighted by Gasteiger charge is -2.07. The van der Waals surface area contributed by atoms with Crippen molar-refractivity contribution in [2.45, 2.75) is 32.1 Å². The molecule has 1 heterocycles. The zero-order valence-corrected chi connectivity index (χ0v) is 10.7. The van der Waals surface area contributed by atoms with Gasteiger partial charge < -0.3 is 4.74 Å². The number of rotatable bonds is 2. The molecule has 0 N–H and O–H groups in total. The van der Waals surface area contributed by atoms with E-state index in [1.807, 2.05) is 26.0 Å². The highest BCUT2D eigenvalue weighted by Gasteiger charge is 2.22. The first-order valence-corrected chi connectivity index (χ1v) is 7.54. The van der Waals surface area contributed by atoms with Crippen LogP contribution in [0, 0.1) is 6.92 Å². The molecule has 0 amide bonds. The van der Waals surface area contributed by atoms with E-state index in [0.29, 0.717) is 0 Å². The van der Waals surface area contributed by atoms with Crippen molar-refractivity contribution in [3.05, 3.63) is 28.8 Å². The highest BCUT2D eigenvalue weighted by atomic mass is 35.7. The maximum absolute atomic E-state index is 11.0. The highest BCUT2D eigenvalue weighted by molar-refractivity contribution is 8.13. The second-order valence-corrected chi connectivity index (χ2v) is 6.99. The van der Waals surface area contributed by atoms with Gasteiger partial charge in [0, 0.05) is 17.1 Å². The zero-order chi connectivity index (χ0) is 11.9. The van der Waals surface area contributed by atoms with Crippen LogP contribution in [0.3, 0.4) is 0 Å². The number of halogens is 1. The second-order valence-electron chi connectivity index (χ2n) is 4.22. The van der Waals surface area contributed by atoms with Gasteiger partial charge in [-0.2, -0.15) is 0 Å². The fraction of sp³-hybridized carbons (Fsp3) is 0.455. The fourth-order valence-corrected chi connectivity index (χ4v) is 3.03. The van der Waals surface area contributed by atoms with Crippen LogP contribution in [0.1, 0.15) is 23.6 Å². The number of benzene rings is 1. The maximum atomic E-state index is 11.0. The highest BCUT2D eigenvalue weighted by Crippen LogP contribution is 2.33. The average Bonchev–Trinajstić information content (AvgIpc) is 2.42. The molecule has 1 aromatic carbocycles. The van der Waals surface area contributed by atoms with Crippen molar-refractivity contribution >= 4 is 19.7 Å². The summed E-state index contributed by atoms with van der Waals surface area (Å²) >= 11 is 0. The molecule has 0 aliphatic carbocycles. The average molecular weight is 261 g/mol. The van der Waals surface area contributed by atoms with Crippen molar-refractivity contribution in [3.8, 4) is 5.75 Å². The lowest BCUT2D eigenvalue weighted by atomic mass is 10.0. The molecular formula is C11H13ClO3S. The summed E-state index contributed by atoms with van der Waals surface area (Å²) in [5.41, 5.74) is 2.77. The first-order valence-electron chi connectivity index (χ1n) is 5.06. The normalized spacial score (nSPS) is 19.3. The van der Waals surface area contributed by atoms with E-state index in [9.17, 15) is 8.42 Å². The first-order chi connectivity index (χ1) is 7.35. The van der Waals surface area contributed by atoms with Crippen LogP contribution in [-0.4, -0.2) is 14.5 Å². The summed E-state index contributed by atoms with van der Waals surface area (Å²) in [5, 5.41) is 0. The molecule has 0 bridgehead atoms. The van der Waals surface area contributed by atoms with E-state index in [0.717, 1.165) is 28.9 Å². The molecule has 1 atom stereocenters. The maximum Gasteiger partial charge on any atom is 0.236 e. The minimum atomic E-state index is -3.49. The van der Waals surface area contributed by atoms with Crippen molar-refractivity contribution in [2.75, 3.05) is 0 Å². The number of ether oxygens (including phenoxy) is 1. The molecule has 3 nitrogen and oxygen atoms in total. The van der Waals surface area contributed by atoms with Gasteiger partial charge in [-0.15, -0.1) is 0 Å². The Morgan fingerprint density at radius 2 is 2.19 bits per heavy atom. The number of aryl methyl sites for hydroxylation is 1. The summed E-state index contributed by atoms with van der Waals surface area (Å²) in [4.78, 5) is 0.